The van der Waals surface area contributed by atoms with Crippen LogP contribution in [0.4, 0.5) is 16.0 Å². The van der Waals surface area contributed by atoms with Crippen molar-refractivity contribution in [2.24, 2.45) is 5.92 Å². The SMILES string of the molecule is COc1nn(C(C)C)cc1Nc1ncc(F)c(OCC2CCCCC2)n1. The fourth-order valence-electron chi connectivity index (χ4n) is 3.06. The molecule has 0 radical (unpaired) electrons. The standard InChI is InChI=1S/C18H26FN5O2/c1-12(2)24-10-15(17(23-24)25-3)21-18-20-9-14(19)16(22-18)26-11-13-7-5-4-6-8-13/h9-10,12-13H,4-8,11H2,1-3H3,(H,20,21,22). The van der Waals surface area contributed by atoms with Gasteiger partial charge in [-0.3, -0.25) is 4.68 Å². The Morgan fingerprint density at radius 2 is 2.04 bits per heavy atom. The Kier molecular flexibility index (Phi) is 5.90. The molecule has 0 unspecified atom stereocenters. The largest absolute Gasteiger partial charge is 0.478 e. The summed E-state index contributed by atoms with van der Waals surface area (Å²) >= 11 is 0. The van der Waals surface area contributed by atoms with E-state index in [1.165, 1.54) is 19.3 Å². The Hall–Kier alpha value is -2.38. The van der Waals surface area contributed by atoms with Gasteiger partial charge in [0, 0.05) is 6.04 Å². The number of nitrogens with zero attached hydrogens (tertiary/aromatic N) is 4. The molecule has 1 aliphatic carbocycles. The van der Waals surface area contributed by atoms with Crippen molar-refractivity contribution in [3.05, 3.63) is 18.2 Å². The lowest BCUT2D eigenvalue weighted by Crippen LogP contribution is -2.16. The highest BCUT2D eigenvalue weighted by molar-refractivity contribution is 5.59. The summed E-state index contributed by atoms with van der Waals surface area (Å²) in [6.07, 6.45) is 8.88. The van der Waals surface area contributed by atoms with Gasteiger partial charge in [-0.25, -0.2) is 4.98 Å². The first-order valence-corrected chi connectivity index (χ1v) is 9.12. The molecule has 26 heavy (non-hydrogen) atoms. The van der Waals surface area contributed by atoms with Gasteiger partial charge in [0.1, 0.15) is 5.69 Å². The molecule has 0 spiro atoms. The zero-order chi connectivity index (χ0) is 18.5. The summed E-state index contributed by atoms with van der Waals surface area (Å²) in [6, 6.07) is 0.183. The molecule has 2 aromatic rings. The van der Waals surface area contributed by atoms with Gasteiger partial charge in [-0.05, 0) is 32.6 Å². The summed E-state index contributed by atoms with van der Waals surface area (Å²) in [7, 11) is 1.54. The van der Waals surface area contributed by atoms with Crippen molar-refractivity contribution in [1.29, 1.82) is 0 Å². The van der Waals surface area contributed by atoms with E-state index in [0.29, 0.717) is 24.1 Å². The molecule has 8 heteroatoms. The molecular formula is C18H26FN5O2. The van der Waals surface area contributed by atoms with Crippen molar-refractivity contribution >= 4 is 11.6 Å². The van der Waals surface area contributed by atoms with Gasteiger partial charge >= 0.3 is 0 Å². The fourth-order valence-corrected chi connectivity index (χ4v) is 3.06. The first-order valence-electron chi connectivity index (χ1n) is 9.12. The maximum atomic E-state index is 14.0. The Labute approximate surface area is 152 Å². The van der Waals surface area contributed by atoms with E-state index < -0.39 is 5.82 Å². The van der Waals surface area contributed by atoms with Crippen LogP contribution in [0.2, 0.25) is 0 Å². The Morgan fingerprint density at radius 3 is 2.73 bits per heavy atom. The monoisotopic (exact) mass is 363 g/mol. The maximum Gasteiger partial charge on any atom is 0.256 e. The summed E-state index contributed by atoms with van der Waals surface area (Å²) in [5.41, 5.74) is 0.617. The van der Waals surface area contributed by atoms with Crippen LogP contribution in [0.15, 0.2) is 12.4 Å². The number of halogens is 1. The molecule has 7 nitrogen and oxygen atoms in total. The van der Waals surface area contributed by atoms with Gasteiger partial charge in [0.05, 0.1) is 26.1 Å². The smallest absolute Gasteiger partial charge is 0.256 e. The van der Waals surface area contributed by atoms with Crippen LogP contribution in [-0.4, -0.2) is 33.5 Å². The summed E-state index contributed by atoms with van der Waals surface area (Å²) in [5.74, 6) is 0.557. The van der Waals surface area contributed by atoms with Gasteiger partial charge in [0.25, 0.3) is 11.8 Å². The average molecular weight is 363 g/mol. The van der Waals surface area contributed by atoms with Gasteiger partial charge in [0.15, 0.2) is 0 Å². The second-order valence-corrected chi connectivity index (χ2v) is 6.91. The molecule has 0 aliphatic heterocycles. The predicted octanol–water partition coefficient (Wildman–Crippen LogP) is 4.10. The minimum atomic E-state index is -0.559. The number of methoxy groups -OCH3 is 1. The molecule has 0 amide bonds. The van der Waals surface area contributed by atoms with Gasteiger partial charge in [0.2, 0.25) is 11.8 Å². The van der Waals surface area contributed by atoms with E-state index in [1.54, 1.807) is 18.0 Å². The first kappa shape index (κ1) is 18.4. The molecule has 142 valence electrons. The van der Waals surface area contributed by atoms with Crippen LogP contribution in [0, 0.1) is 11.7 Å². The number of rotatable bonds is 7. The number of anilines is 2. The summed E-state index contributed by atoms with van der Waals surface area (Å²) in [4.78, 5) is 8.16. The van der Waals surface area contributed by atoms with E-state index in [9.17, 15) is 4.39 Å². The molecule has 0 atom stereocenters. The molecule has 1 aliphatic rings. The molecule has 2 aromatic heterocycles. The van der Waals surface area contributed by atoms with Crippen LogP contribution in [0.3, 0.4) is 0 Å². The number of hydrogen-bond acceptors (Lipinski definition) is 6. The number of hydrogen-bond donors (Lipinski definition) is 1. The van der Waals surface area contributed by atoms with E-state index in [2.05, 4.69) is 20.4 Å². The van der Waals surface area contributed by atoms with Crippen LogP contribution in [0.1, 0.15) is 52.0 Å². The molecule has 3 rings (SSSR count). The van der Waals surface area contributed by atoms with E-state index in [-0.39, 0.29) is 17.9 Å². The lowest BCUT2D eigenvalue weighted by molar-refractivity contribution is 0.195. The Balaban J connectivity index is 1.70. The van der Waals surface area contributed by atoms with Crippen LogP contribution in [0.25, 0.3) is 0 Å². The van der Waals surface area contributed by atoms with Crippen LogP contribution < -0.4 is 14.8 Å². The average Bonchev–Trinajstić information content (AvgIpc) is 3.06. The zero-order valence-corrected chi connectivity index (χ0v) is 15.5. The van der Waals surface area contributed by atoms with E-state index in [1.807, 2.05) is 13.8 Å². The van der Waals surface area contributed by atoms with E-state index >= 15 is 0 Å². The first-order chi connectivity index (χ1) is 12.6. The van der Waals surface area contributed by atoms with Gasteiger partial charge in [-0.1, -0.05) is 19.3 Å². The number of nitrogens with one attached hydrogen (secondary N) is 1. The lowest BCUT2D eigenvalue weighted by atomic mass is 9.90. The third-order valence-corrected chi connectivity index (χ3v) is 4.56. The molecule has 1 fully saturated rings. The van der Waals surface area contributed by atoms with Crippen LogP contribution >= 0.6 is 0 Å². The summed E-state index contributed by atoms with van der Waals surface area (Å²) < 4.78 is 26.7. The minimum absolute atomic E-state index is 0.0247. The van der Waals surface area contributed by atoms with Crippen molar-refractivity contribution in [2.75, 3.05) is 19.0 Å². The van der Waals surface area contributed by atoms with Gasteiger partial charge in [-0.2, -0.15) is 9.37 Å². The Morgan fingerprint density at radius 1 is 1.27 bits per heavy atom. The van der Waals surface area contributed by atoms with Crippen LogP contribution in [0.5, 0.6) is 11.8 Å². The second kappa shape index (κ2) is 8.33. The van der Waals surface area contributed by atoms with E-state index in [4.69, 9.17) is 9.47 Å². The highest BCUT2D eigenvalue weighted by Gasteiger charge is 2.17. The third-order valence-electron chi connectivity index (χ3n) is 4.56. The molecule has 2 heterocycles. The minimum Gasteiger partial charge on any atom is -0.478 e. The molecular weight excluding hydrogens is 337 g/mol. The molecule has 1 saturated carbocycles. The number of ether oxygens (including phenoxy) is 2. The van der Waals surface area contributed by atoms with Crippen LogP contribution in [-0.2, 0) is 0 Å². The highest BCUT2D eigenvalue weighted by Crippen LogP contribution is 2.28. The predicted molar refractivity (Wildman–Crippen MR) is 96.5 cm³/mol. The second-order valence-electron chi connectivity index (χ2n) is 6.91. The molecule has 0 saturated heterocycles. The van der Waals surface area contributed by atoms with Gasteiger partial charge < -0.3 is 14.8 Å². The topological polar surface area (TPSA) is 74.1 Å². The van der Waals surface area contributed by atoms with Crippen molar-refractivity contribution < 1.29 is 13.9 Å². The quantitative estimate of drug-likeness (QED) is 0.798. The van der Waals surface area contributed by atoms with Crippen molar-refractivity contribution in [3.63, 3.8) is 0 Å². The third kappa shape index (κ3) is 4.42. The summed E-state index contributed by atoms with van der Waals surface area (Å²) in [5, 5.41) is 7.36. The lowest BCUT2D eigenvalue weighted by Gasteiger charge is -2.21. The van der Waals surface area contributed by atoms with E-state index in [0.717, 1.165) is 19.0 Å². The van der Waals surface area contributed by atoms with Crippen molar-refractivity contribution in [2.45, 2.75) is 52.0 Å². The van der Waals surface area contributed by atoms with Gasteiger partial charge in [-0.15, -0.1) is 5.10 Å². The molecule has 1 N–H and O–H groups in total. The zero-order valence-electron chi connectivity index (χ0n) is 15.5. The Bertz CT molecular complexity index is 728. The normalized spacial score (nSPS) is 15.3. The number of aromatic nitrogens is 4. The van der Waals surface area contributed by atoms with Crippen molar-refractivity contribution in [1.82, 2.24) is 19.7 Å². The summed E-state index contributed by atoms with van der Waals surface area (Å²) in [6.45, 7) is 4.52. The molecule has 0 aromatic carbocycles. The maximum absolute atomic E-state index is 14.0. The molecule has 0 bridgehead atoms. The highest BCUT2D eigenvalue weighted by atomic mass is 19.1. The fraction of sp³-hybridized carbons (Fsp3) is 0.611. The van der Waals surface area contributed by atoms with Crippen molar-refractivity contribution in [3.8, 4) is 11.8 Å².